The Morgan fingerprint density at radius 2 is 1.96 bits per heavy atom. The first-order valence-corrected chi connectivity index (χ1v) is 7.06. The van der Waals surface area contributed by atoms with Crippen molar-refractivity contribution in [1.29, 1.82) is 0 Å². The molecule has 0 saturated heterocycles. The molecule has 0 unspecified atom stereocenters. The van der Waals surface area contributed by atoms with Crippen LogP contribution in [0.2, 0.25) is 0 Å². The predicted octanol–water partition coefficient (Wildman–Crippen LogP) is 3.98. The van der Waals surface area contributed by atoms with E-state index >= 15 is 0 Å². The molecule has 0 saturated carbocycles. The Morgan fingerprint density at radius 1 is 1.22 bits per heavy atom. The van der Waals surface area contributed by atoms with Crippen LogP contribution >= 0.6 is 0 Å². The van der Waals surface area contributed by atoms with Crippen molar-refractivity contribution >= 4 is 11.7 Å². The largest absolute Gasteiger partial charge is 0.496 e. The maximum absolute atomic E-state index is 13.9. The summed E-state index contributed by atoms with van der Waals surface area (Å²) in [6, 6.07) is 9.05. The Bertz CT molecular complexity index is 716. The molecule has 0 aliphatic heterocycles. The number of halogens is 1. The van der Waals surface area contributed by atoms with Crippen LogP contribution in [0.15, 0.2) is 36.4 Å². The van der Waals surface area contributed by atoms with Crippen LogP contribution < -0.4 is 15.0 Å². The number of ether oxygens (including phenoxy) is 2. The lowest BCUT2D eigenvalue weighted by Crippen LogP contribution is -2.13. The van der Waals surface area contributed by atoms with Gasteiger partial charge in [-0.2, -0.15) is 0 Å². The van der Waals surface area contributed by atoms with Crippen molar-refractivity contribution in [2.24, 2.45) is 0 Å². The number of carbonyl (C=O) groups is 1. The minimum atomic E-state index is -0.905. The predicted molar refractivity (Wildman–Crippen MR) is 83.9 cm³/mol. The minimum absolute atomic E-state index is 0.0773. The van der Waals surface area contributed by atoms with E-state index in [0.29, 0.717) is 0 Å². The van der Waals surface area contributed by atoms with E-state index in [1.54, 1.807) is 18.2 Å². The lowest BCUT2D eigenvalue weighted by Gasteiger charge is -2.14. The van der Waals surface area contributed by atoms with E-state index in [0.717, 1.165) is 11.6 Å². The summed E-state index contributed by atoms with van der Waals surface area (Å²) in [4.78, 5) is 12.3. The van der Waals surface area contributed by atoms with Gasteiger partial charge in [-0.05, 0) is 35.7 Å². The number of benzene rings is 2. The zero-order valence-electron chi connectivity index (χ0n) is 13.1. The molecule has 0 aliphatic carbocycles. The number of carbonyl (C=O) groups excluding carboxylic acids is 1. The van der Waals surface area contributed by atoms with E-state index in [1.807, 2.05) is 19.3 Å². The van der Waals surface area contributed by atoms with Crippen LogP contribution in [0.3, 0.4) is 0 Å². The van der Waals surface area contributed by atoms with Gasteiger partial charge in [-0.15, -0.1) is 0 Å². The Morgan fingerprint density at radius 3 is 2.57 bits per heavy atom. The molecule has 2 aromatic carbocycles. The van der Waals surface area contributed by atoms with E-state index in [4.69, 9.17) is 14.7 Å². The fourth-order valence-electron chi connectivity index (χ4n) is 2.10. The van der Waals surface area contributed by atoms with E-state index in [2.05, 4.69) is 0 Å². The number of nitrogens with one attached hydrogen (secondary N) is 1. The molecule has 122 valence electrons. The monoisotopic (exact) mass is 319 g/mol. The molecule has 5 nitrogen and oxygen atoms in total. The standard InChI is InChI=1S/C17H18FNO4/c1-10(2)11-7-8-13(19-21)15(9-11)23-17(20)16-12(18)5-4-6-14(16)22-3/h4-10,19,21H,1-3H3. The summed E-state index contributed by atoms with van der Waals surface area (Å²) in [5.41, 5.74) is 2.78. The van der Waals surface area contributed by atoms with Crippen molar-refractivity contribution in [1.82, 2.24) is 0 Å². The van der Waals surface area contributed by atoms with Crippen LogP contribution in [-0.4, -0.2) is 18.3 Å². The molecule has 0 spiro atoms. The molecular formula is C17H18FNO4. The Labute approximate surface area is 133 Å². The summed E-state index contributed by atoms with van der Waals surface area (Å²) in [6.07, 6.45) is 0. The minimum Gasteiger partial charge on any atom is -0.496 e. The van der Waals surface area contributed by atoms with Gasteiger partial charge in [0, 0.05) is 0 Å². The van der Waals surface area contributed by atoms with Crippen LogP contribution in [0.25, 0.3) is 0 Å². The second-order valence-corrected chi connectivity index (χ2v) is 5.23. The van der Waals surface area contributed by atoms with Crippen LogP contribution in [0.4, 0.5) is 10.1 Å². The Kier molecular flexibility index (Phi) is 5.18. The van der Waals surface area contributed by atoms with Gasteiger partial charge in [0.25, 0.3) is 0 Å². The summed E-state index contributed by atoms with van der Waals surface area (Å²) >= 11 is 0. The van der Waals surface area contributed by atoms with Gasteiger partial charge in [-0.3, -0.25) is 10.7 Å². The van der Waals surface area contributed by atoms with Crippen molar-refractivity contribution in [2.45, 2.75) is 19.8 Å². The number of methoxy groups -OCH3 is 1. The topological polar surface area (TPSA) is 67.8 Å². The Balaban J connectivity index is 2.39. The molecule has 2 aromatic rings. The average Bonchev–Trinajstić information content (AvgIpc) is 2.54. The van der Waals surface area contributed by atoms with Gasteiger partial charge in [0.2, 0.25) is 0 Å². The van der Waals surface area contributed by atoms with Crippen molar-refractivity contribution in [3.05, 3.63) is 53.3 Å². The van der Waals surface area contributed by atoms with E-state index in [1.165, 1.54) is 19.2 Å². The molecule has 2 rings (SSSR count). The third-order valence-electron chi connectivity index (χ3n) is 3.39. The second-order valence-electron chi connectivity index (χ2n) is 5.23. The summed E-state index contributed by atoms with van der Waals surface area (Å²) in [5, 5.41) is 9.15. The van der Waals surface area contributed by atoms with Crippen molar-refractivity contribution in [3.63, 3.8) is 0 Å². The van der Waals surface area contributed by atoms with Crippen LogP contribution in [0.1, 0.15) is 35.7 Å². The van der Waals surface area contributed by atoms with Crippen molar-refractivity contribution in [3.8, 4) is 11.5 Å². The molecule has 6 heteroatoms. The summed E-state index contributed by atoms with van der Waals surface area (Å²) in [7, 11) is 1.34. The molecule has 0 heterocycles. The zero-order valence-corrected chi connectivity index (χ0v) is 13.1. The lowest BCUT2D eigenvalue weighted by atomic mass is 10.0. The number of hydrogen-bond donors (Lipinski definition) is 2. The Hall–Kier alpha value is -2.60. The smallest absolute Gasteiger partial charge is 0.350 e. The molecule has 0 bridgehead atoms. The fraction of sp³-hybridized carbons (Fsp3) is 0.235. The van der Waals surface area contributed by atoms with Gasteiger partial charge in [0.15, 0.2) is 5.75 Å². The summed E-state index contributed by atoms with van der Waals surface area (Å²) in [5.74, 6) is -1.27. The van der Waals surface area contributed by atoms with Gasteiger partial charge < -0.3 is 9.47 Å². The third-order valence-corrected chi connectivity index (χ3v) is 3.39. The molecule has 0 aliphatic rings. The van der Waals surface area contributed by atoms with Gasteiger partial charge in [-0.25, -0.2) is 9.18 Å². The molecule has 0 fully saturated rings. The molecule has 0 atom stereocenters. The molecule has 2 N–H and O–H groups in total. The molecule has 0 radical (unpaired) electrons. The van der Waals surface area contributed by atoms with Crippen LogP contribution in [0, 0.1) is 5.82 Å². The van der Waals surface area contributed by atoms with Gasteiger partial charge in [0.1, 0.15) is 22.8 Å². The highest BCUT2D eigenvalue weighted by atomic mass is 19.1. The number of anilines is 1. The first-order chi connectivity index (χ1) is 11.0. The van der Waals surface area contributed by atoms with Gasteiger partial charge in [-0.1, -0.05) is 26.0 Å². The fourth-order valence-corrected chi connectivity index (χ4v) is 2.10. The van der Waals surface area contributed by atoms with Gasteiger partial charge in [0.05, 0.1) is 7.11 Å². The summed E-state index contributed by atoms with van der Waals surface area (Å²) in [6.45, 7) is 3.96. The van der Waals surface area contributed by atoms with Crippen LogP contribution in [0.5, 0.6) is 11.5 Å². The first-order valence-electron chi connectivity index (χ1n) is 7.06. The molecule has 0 amide bonds. The SMILES string of the molecule is COc1cccc(F)c1C(=O)Oc1cc(C(C)C)ccc1NO. The van der Waals surface area contributed by atoms with E-state index in [-0.39, 0.29) is 28.7 Å². The number of hydrogen-bond acceptors (Lipinski definition) is 5. The average molecular weight is 319 g/mol. The van der Waals surface area contributed by atoms with Crippen molar-refractivity contribution < 1.29 is 23.9 Å². The molecular weight excluding hydrogens is 301 g/mol. The first kappa shape index (κ1) is 16.8. The highest BCUT2D eigenvalue weighted by Gasteiger charge is 2.21. The molecule has 23 heavy (non-hydrogen) atoms. The quantitative estimate of drug-likeness (QED) is 0.496. The second kappa shape index (κ2) is 7.11. The highest BCUT2D eigenvalue weighted by molar-refractivity contribution is 5.95. The zero-order chi connectivity index (χ0) is 17.0. The summed E-state index contributed by atoms with van der Waals surface area (Å²) < 4.78 is 24.2. The normalized spacial score (nSPS) is 10.5. The maximum atomic E-state index is 13.9. The number of esters is 1. The highest BCUT2D eigenvalue weighted by Crippen LogP contribution is 2.31. The van der Waals surface area contributed by atoms with Crippen LogP contribution in [-0.2, 0) is 0 Å². The lowest BCUT2D eigenvalue weighted by molar-refractivity contribution is 0.0726. The third kappa shape index (κ3) is 3.60. The van der Waals surface area contributed by atoms with E-state index < -0.39 is 11.8 Å². The molecule has 0 aromatic heterocycles. The number of rotatable bonds is 5. The maximum Gasteiger partial charge on any atom is 0.350 e. The van der Waals surface area contributed by atoms with E-state index in [9.17, 15) is 9.18 Å². The van der Waals surface area contributed by atoms with Crippen molar-refractivity contribution in [2.75, 3.05) is 12.6 Å². The van der Waals surface area contributed by atoms with Gasteiger partial charge >= 0.3 is 5.97 Å².